The van der Waals surface area contributed by atoms with Crippen molar-refractivity contribution in [3.8, 4) is 0 Å². The molecular weight excluding hydrogens is 352 g/mol. The third kappa shape index (κ3) is 2.86. The van der Waals surface area contributed by atoms with Gasteiger partial charge in [0.2, 0.25) is 0 Å². The molecule has 0 bridgehead atoms. The lowest BCUT2D eigenvalue weighted by atomic mass is 9.78. The van der Waals surface area contributed by atoms with Gasteiger partial charge in [-0.25, -0.2) is 0 Å². The number of benzene rings is 2. The molecule has 4 heteroatoms. The average molecular weight is 372 g/mol. The highest BCUT2D eigenvalue weighted by Gasteiger charge is 2.39. The van der Waals surface area contributed by atoms with Gasteiger partial charge in [-0.05, 0) is 47.5 Å². The quantitative estimate of drug-likeness (QED) is 0.568. The first kappa shape index (κ1) is 16.3. The van der Waals surface area contributed by atoms with Crippen LogP contribution >= 0.6 is 11.3 Å². The van der Waals surface area contributed by atoms with Crippen LogP contribution in [-0.4, -0.2) is 5.91 Å². The molecule has 3 atom stereocenters. The Morgan fingerprint density at radius 1 is 1.04 bits per heavy atom. The van der Waals surface area contributed by atoms with E-state index in [1.807, 2.05) is 42.5 Å². The van der Waals surface area contributed by atoms with Crippen LogP contribution < -0.4 is 10.6 Å². The third-order valence-electron chi connectivity index (χ3n) is 5.52. The van der Waals surface area contributed by atoms with E-state index < -0.39 is 0 Å². The van der Waals surface area contributed by atoms with E-state index in [-0.39, 0.29) is 11.9 Å². The molecule has 3 aromatic rings. The van der Waals surface area contributed by atoms with Crippen molar-refractivity contribution in [3.63, 3.8) is 0 Å². The molecule has 1 aromatic heterocycles. The van der Waals surface area contributed by atoms with Gasteiger partial charge in [0.05, 0.1) is 17.3 Å². The van der Waals surface area contributed by atoms with E-state index in [9.17, 15) is 4.79 Å². The number of thiophene rings is 1. The van der Waals surface area contributed by atoms with Crippen molar-refractivity contribution in [1.82, 2.24) is 0 Å². The van der Waals surface area contributed by atoms with Gasteiger partial charge in [-0.15, -0.1) is 11.3 Å². The van der Waals surface area contributed by atoms with Gasteiger partial charge in [0, 0.05) is 16.5 Å². The number of amides is 1. The average Bonchev–Trinajstić information content (AvgIpc) is 3.40. The molecule has 1 aliphatic carbocycles. The van der Waals surface area contributed by atoms with Crippen molar-refractivity contribution < 1.29 is 4.79 Å². The highest BCUT2D eigenvalue weighted by atomic mass is 32.1. The minimum atomic E-state index is -0.0732. The summed E-state index contributed by atoms with van der Waals surface area (Å²) in [6.45, 7) is 0. The lowest BCUT2D eigenvalue weighted by Crippen LogP contribution is -2.30. The fourth-order valence-electron chi connectivity index (χ4n) is 4.28. The third-order valence-corrected chi connectivity index (χ3v) is 6.48. The van der Waals surface area contributed by atoms with Crippen LogP contribution in [0.4, 0.5) is 11.4 Å². The minimum Gasteiger partial charge on any atom is -0.376 e. The first-order valence-corrected chi connectivity index (χ1v) is 10.1. The molecule has 2 aromatic carbocycles. The lowest BCUT2D eigenvalue weighted by molar-refractivity contribution is 0.102. The maximum absolute atomic E-state index is 13.0. The Balaban J connectivity index is 1.54. The van der Waals surface area contributed by atoms with Crippen LogP contribution in [0.5, 0.6) is 0 Å². The second-order valence-electron chi connectivity index (χ2n) is 7.08. The molecule has 1 amide bonds. The molecule has 2 heterocycles. The van der Waals surface area contributed by atoms with Crippen LogP contribution in [0.3, 0.4) is 0 Å². The standard InChI is InChI=1S/C23H20N2OS/c26-23(24-15-7-2-1-3-8-15)19-12-5-10-17-16-9-4-11-18(16)22(25-21(17)19)20-13-6-14-27-20/h1-10,12-14,16,18,22,25H,11H2,(H,24,26). The number of rotatable bonds is 3. The summed E-state index contributed by atoms with van der Waals surface area (Å²) in [6, 6.07) is 20.2. The molecule has 27 heavy (non-hydrogen) atoms. The Kier molecular flexibility index (Phi) is 4.06. The topological polar surface area (TPSA) is 41.1 Å². The number of carbonyl (C=O) groups is 1. The summed E-state index contributed by atoms with van der Waals surface area (Å²) in [4.78, 5) is 14.3. The fraction of sp³-hybridized carbons (Fsp3) is 0.174. The molecule has 2 N–H and O–H groups in total. The number of fused-ring (bicyclic) bond motifs is 3. The first-order valence-electron chi connectivity index (χ1n) is 9.27. The molecule has 134 valence electrons. The molecule has 1 aliphatic heterocycles. The molecule has 0 fully saturated rings. The molecule has 0 saturated heterocycles. The molecule has 5 rings (SSSR count). The summed E-state index contributed by atoms with van der Waals surface area (Å²) in [5.41, 5.74) is 3.71. The Morgan fingerprint density at radius 3 is 2.74 bits per heavy atom. The Bertz CT molecular complexity index is 994. The predicted octanol–water partition coefficient (Wildman–Crippen LogP) is 5.83. The number of allylic oxidation sites excluding steroid dienone is 2. The van der Waals surface area contributed by atoms with Crippen molar-refractivity contribution in [1.29, 1.82) is 0 Å². The predicted molar refractivity (Wildman–Crippen MR) is 112 cm³/mol. The zero-order valence-corrected chi connectivity index (χ0v) is 15.6. The minimum absolute atomic E-state index is 0.0732. The molecule has 0 saturated carbocycles. The van der Waals surface area contributed by atoms with Gasteiger partial charge in [-0.1, -0.05) is 48.6 Å². The normalized spacial score (nSPS) is 22.6. The molecule has 3 unspecified atom stereocenters. The van der Waals surface area contributed by atoms with E-state index in [1.54, 1.807) is 11.3 Å². The van der Waals surface area contributed by atoms with Crippen LogP contribution in [0.15, 0.2) is 78.2 Å². The summed E-state index contributed by atoms with van der Waals surface area (Å²) in [6.07, 6.45) is 5.66. The van der Waals surface area contributed by atoms with Crippen LogP contribution in [0.25, 0.3) is 0 Å². The lowest BCUT2D eigenvalue weighted by Gasteiger charge is -2.37. The van der Waals surface area contributed by atoms with E-state index in [1.165, 1.54) is 10.4 Å². The number of nitrogens with one attached hydrogen (secondary N) is 2. The number of carbonyl (C=O) groups excluding carboxylic acids is 1. The summed E-state index contributed by atoms with van der Waals surface area (Å²) in [5, 5.41) is 8.86. The van der Waals surface area contributed by atoms with Crippen LogP contribution in [0, 0.1) is 5.92 Å². The maximum Gasteiger partial charge on any atom is 0.257 e. The van der Waals surface area contributed by atoms with E-state index in [4.69, 9.17) is 0 Å². The molecular formula is C23H20N2OS. The van der Waals surface area contributed by atoms with Crippen LogP contribution in [0.1, 0.15) is 39.2 Å². The number of hydrogen-bond acceptors (Lipinski definition) is 3. The smallest absolute Gasteiger partial charge is 0.257 e. The molecule has 3 nitrogen and oxygen atoms in total. The molecule has 0 spiro atoms. The summed E-state index contributed by atoms with van der Waals surface area (Å²) in [7, 11) is 0. The van der Waals surface area contributed by atoms with Crippen molar-refractivity contribution in [2.45, 2.75) is 18.4 Å². The summed E-state index contributed by atoms with van der Waals surface area (Å²) < 4.78 is 0. The fourth-order valence-corrected chi connectivity index (χ4v) is 5.13. The molecule has 0 radical (unpaired) electrons. The molecule has 2 aliphatic rings. The van der Waals surface area contributed by atoms with Crippen molar-refractivity contribution in [2.24, 2.45) is 5.92 Å². The van der Waals surface area contributed by atoms with Gasteiger partial charge >= 0.3 is 0 Å². The van der Waals surface area contributed by atoms with E-state index >= 15 is 0 Å². The SMILES string of the molecule is O=C(Nc1ccccc1)c1cccc2c1NC(c1cccs1)C1CC=CC21. The monoisotopic (exact) mass is 372 g/mol. The second-order valence-corrected chi connectivity index (χ2v) is 8.06. The highest BCUT2D eigenvalue weighted by molar-refractivity contribution is 7.10. The number of hydrogen-bond donors (Lipinski definition) is 2. The second kappa shape index (κ2) is 6.71. The van der Waals surface area contributed by atoms with E-state index in [2.05, 4.69) is 46.4 Å². The first-order chi connectivity index (χ1) is 13.3. The summed E-state index contributed by atoms with van der Waals surface area (Å²) >= 11 is 1.78. The number of anilines is 2. The van der Waals surface area contributed by atoms with Gasteiger partial charge < -0.3 is 10.6 Å². The summed E-state index contributed by atoms with van der Waals surface area (Å²) in [5.74, 6) is 0.789. The largest absolute Gasteiger partial charge is 0.376 e. The Hall–Kier alpha value is -2.85. The van der Waals surface area contributed by atoms with Crippen LogP contribution in [-0.2, 0) is 0 Å². The van der Waals surface area contributed by atoms with Gasteiger partial charge in [-0.3, -0.25) is 4.79 Å². The number of para-hydroxylation sites is 2. The maximum atomic E-state index is 13.0. The highest BCUT2D eigenvalue weighted by Crippen LogP contribution is 2.51. The van der Waals surface area contributed by atoms with Gasteiger partial charge in [0.15, 0.2) is 0 Å². The van der Waals surface area contributed by atoms with E-state index in [0.29, 0.717) is 17.4 Å². The van der Waals surface area contributed by atoms with Crippen molar-refractivity contribution >= 4 is 28.6 Å². The zero-order chi connectivity index (χ0) is 18.2. The Morgan fingerprint density at radius 2 is 1.93 bits per heavy atom. The Labute approximate surface area is 162 Å². The van der Waals surface area contributed by atoms with Crippen LogP contribution in [0.2, 0.25) is 0 Å². The zero-order valence-electron chi connectivity index (χ0n) is 14.8. The van der Waals surface area contributed by atoms with Crippen molar-refractivity contribution in [2.75, 3.05) is 10.6 Å². The van der Waals surface area contributed by atoms with E-state index in [0.717, 1.165) is 17.8 Å². The van der Waals surface area contributed by atoms with Crippen molar-refractivity contribution in [3.05, 3.63) is 94.2 Å². The van der Waals surface area contributed by atoms with Gasteiger partial charge in [-0.2, -0.15) is 0 Å². The van der Waals surface area contributed by atoms with Gasteiger partial charge in [0.25, 0.3) is 5.91 Å². The van der Waals surface area contributed by atoms with Gasteiger partial charge in [0.1, 0.15) is 0 Å².